The van der Waals surface area contributed by atoms with Gasteiger partial charge in [0, 0.05) is 23.5 Å². The Morgan fingerprint density at radius 1 is 1.32 bits per heavy atom. The van der Waals surface area contributed by atoms with Crippen LogP contribution in [0.2, 0.25) is 0 Å². The Morgan fingerprint density at radius 3 is 3.00 bits per heavy atom. The van der Waals surface area contributed by atoms with Gasteiger partial charge >= 0.3 is 0 Å². The molecule has 0 spiro atoms. The second-order valence-corrected chi connectivity index (χ2v) is 5.63. The molecule has 0 radical (unpaired) electrons. The Morgan fingerprint density at radius 2 is 2.24 bits per heavy atom. The van der Waals surface area contributed by atoms with Crippen molar-refractivity contribution >= 4 is 5.91 Å². The number of carbonyl (C=O) groups excluding carboxylic acids is 1. The molecule has 25 heavy (non-hydrogen) atoms. The quantitative estimate of drug-likeness (QED) is 0.736. The minimum atomic E-state index is -0.264. The molecule has 8 nitrogen and oxygen atoms in total. The van der Waals surface area contributed by atoms with Gasteiger partial charge in [0.2, 0.25) is 5.82 Å². The summed E-state index contributed by atoms with van der Waals surface area (Å²) in [6.07, 6.45) is 4.70. The zero-order valence-electron chi connectivity index (χ0n) is 13.2. The maximum Gasteiger partial charge on any atom is 0.291 e. The first-order valence-electron chi connectivity index (χ1n) is 7.76. The van der Waals surface area contributed by atoms with Crippen molar-refractivity contribution in [2.75, 3.05) is 13.2 Å². The topological polar surface area (TPSA) is 104 Å². The number of aromatic hydroxyl groups is 1. The highest BCUT2D eigenvalue weighted by molar-refractivity contribution is 5.90. The van der Waals surface area contributed by atoms with Gasteiger partial charge in [0.15, 0.2) is 11.5 Å². The largest absolute Gasteiger partial charge is 0.504 e. The van der Waals surface area contributed by atoms with Gasteiger partial charge in [-0.15, -0.1) is 0 Å². The van der Waals surface area contributed by atoms with Crippen molar-refractivity contribution in [3.05, 3.63) is 54.4 Å². The summed E-state index contributed by atoms with van der Waals surface area (Å²) in [6, 6.07) is 7.28. The van der Waals surface area contributed by atoms with Crippen LogP contribution in [0.5, 0.6) is 11.5 Å². The molecule has 0 saturated heterocycles. The van der Waals surface area contributed by atoms with Crippen LogP contribution in [0.3, 0.4) is 0 Å². The number of nitrogens with zero attached hydrogens (tertiary/aromatic N) is 4. The number of phenols is 1. The van der Waals surface area contributed by atoms with Gasteiger partial charge in [0.05, 0.1) is 13.1 Å². The third kappa shape index (κ3) is 2.89. The van der Waals surface area contributed by atoms with Crippen molar-refractivity contribution in [3.8, 4) is 22.6 Å². The van der Waals surface area contributed by atoms with E-state index in [9.17, 15) is 9.90 Å². The molecule has 0 bridgehead atoms. The Hall–Kier alpha value is -3.42. The minimum Gasteiger partial charge on any atom is -0.504 e. The molecule has 0 saturated carbocycles. The van der Waals surface area contributed by atoms with Gasteiger partial charge in [0.25, 0.3) is 5.91 Å². The molecule has 4 rings (SSSR count). The van der Waals surface area contributed by atoms with Crippen molar-refractivity contribution in [2.24, 2.45) is 0 Å². The van der Waals surface area contributed by atoms with Crippen LogP contribution in [-0.2, 0) is 6.54 Å². The van der Waals surface area contributed by atoms with Gasteiger partial charge < -0.3 is 14.7 Å². The molecular weight excluding hydrogens is 322 g/mol. The fraction of sp³-hybridized carbons (Fsp3) is 0.176. The molecule has 2 aromatic heterocycles. The molecule has 8 heteroatoms. The van der Waals surface area contributed by atoms with Crippen LogP contribution in [0.25, 0.3) is 11.1 Å². The first kappa shape index (κ1) is 15.1. The minimum absolute atomic E-state index is 0.0466. The van der Waals surface area contributed by atoms with Crippen LogP contribution in [-0.4, -0.2) is 49.2 Å². The highest BCUT2D eigenvalue weighted by Crippen LogP contribution is 2.37. The Bertz CT molecular complexity index is 896. The van der Waals surface area contributed by atoms with Crippen molar-refractivity contribution in [1.82, 2.24) is 25.1 Å². The summed E-state index contributed by atoms with van der Waals surface area (Å²) in [6.45, 7) is 0.971. The molecule has 3 heterocycles. The molecular formula is C17H15N5O3. The lowest BCUT2D eigenvalue weighted by molar-refractivity contribution is 0.0721. The number of amides is 1. The number of nitrogens with one attached hydrogen (secondary N) is 1. The van der Waals surface area contributed by atoms with Gasteiger partial charge in [0.1, 0.15) is 12.9 Å². The van der Waals surface area contributed by atoms with Crippen molar-refractivity contribution in [3.63, 3.8) is 0 Å². The molecule has 3 aromatic rings. The number of ether oxygens (including phenoxy) is 1. The third-order valence-electron chi connectivity index (χ3n) is 4.01. The van der Waals surface area contributed by atoms with E-state index in [1.54, 1.807) is 23.4 Å². The Kier molecular flexibility index (Phi) is 3.77. The predicted octanol–water partition coefficient (Wildman–Crippen LogP) is 1.61. The molecule has 1 amide bonds. The summed E-state index contributed by atoms with van der Waals surface area (Å²) < 4.78 is 5.66. The maximum atomic E-state index is 12.5. The molecule has 0 atom stereocenters. The summed E-state index contributed by atoms with van der Waals surface area (Å²) >= 11 is 0. The number of carbonyl (C=O) groups is 1. The van der Waals surface area contributed by atoms with Gasteiger partial charge in [-0.2, -0.15) is 5.10 Å². The average Bonchev–Trinajstić information content (AvgIpc) is 3.08. The van der Waals surface area contributed by atoms with E-state index in [2.05, 4.69) is 20.2 Å². The fourth-order valence-corrected chi connectivity index (χ4v) is 2.83. The molecule has 0 aliphatic carbocycles. The number of hydrogen-bond acceptors (Lipinski definition) is 6. The lowest BCUT2D eigenvalue weighted by Crippen LogP contribution is -2.33. The van der Waals surface area contributed by atoms with Crippen LogP contribution in [0.1, 0.15) is 16.2 Å². The first-order chi connectivity index (χ1) is 12.2. The highest BCUT2D eigenvalue weighted by atomic mass is 16.5. The fourth-order valence-electron chi connectivity index (χ4n) is 2.83. The second-order valence-electron chi connectivity index (χ2n) is 5.63. The van der Waals surface area contributed by atoms with Crippen LogP contribution in [0.4, 0.5) is 0 Å². The summed E-state index contributed by atoms with van der Waals surface area (Å²) in [4.78, 5) is 22.1. The molecule has 126 valence electrons. The molecule has 1 aromatic carbocycles. The van der Waals surface area contributed by atoms with Gasteiger partial charge in [-0.3, -0.25) is 14.9 Å². The van der Waals surface area contributed by atoms with Crippen molar-refractivity contribution in [2.45, 2.75) is 6.54 Å². The van der Waals surface area contributed by atoms with E-state index in [0.717, 1.165) is 16.7 Å². The average molecular weight is 337 g/mol. The summed E-state index contributed by atoms with van der Waals surface area (Å²) in [7, 11) is 0. The predicted molar refractivity (Wildman–Crippen MR) is 88.0 cm³/mol. The lowest BCUT2D eigenvalue weighted by Gasteiger charge is -2.18. The number of phenolic OH excluding ortho intramolecular Hbond substituents is 1. The Balaban J connectivity index is 1.70. The summed E-state index contributed by atoms with van der Waals surface area (Å²) in [5.41, 5.74) is 2.41. The molecule has 0 unspecified atom stereocenters. The van der Waals surface area contributed by atoms with E-state index < -0.39 is 0 Å². The highest BCUT2D eigenvalue weighted by Gasteiger charge is 2.25. The zero-order valence-corrected chi connectivity index (χ0v) is 13.2. The standard InChI is InChI=1S/C17H15N5O3/c23-14-7-12(11-2-1-3-18-8-11)6-13-9-22(4-5-25-15(13)14)17(24)16-19-10-20-21-16/h1-3,6-8,10,23H,4-5,9H2,(H,19,20,21). The molecule has 0 fully saturated rings. The van der Waals surface area contributed by atoms with E-state index in [4.69, 9.17) is 4.74 Å². The van der Waals surface area contributed by atoms with Crippen LogP contribution in [0.15, 0.2) is 43.0 Å². The SMILES string of the molecule is O=C(c1ncn[nH]1)N1CCOc2c(O)cc(-c3cccnc3)cc2C1. The van der Waals surface area contributed by atoms with E-state index >= 15 is 0 Å². The third-order valence-corrected chi connectivity index (χ3v) is 4.01. The summed E-state index contributed by atoms with van der Waals surface area (Å²) in [5.74, 6) is 0.363. The van der Waals surface area contributed by atoms with Gasteiger partial charge in [-0.25, -0.2) is 4.98 Å². The van der Waals surface area contributed by atoms with Crippen molar-refractivity contribution < 1.29 is 14.6 Å². The van der Waals surface area contributed by atoms with E-state index in [1.165, 1.54) is 6.33 Å². The van der Waals surface area contributed by atoms with Crippen molar-refractivity contribution in [1.29, 1.82) is 0 Å². The van der Waals surface area contributed by atoms with Crippen LogP contribution in [0, 0.1) is 0 Å². The number of aromatic amines is 1. The van der Waals surface area contributed by atoms with E-state index in [1.807, 2.05) is 18.2 Å². The molecule has 2 N–H and O–H groups in total. The number of aromatic nitrogens is 4. The van der Waals surface area contributed by atoms with E-state index in [0.29, 0.717) is 18.8 Å². The first-order valence-corrected chi connectivity index (χ1v) is 7.76. The number of pyridine rings is 1. The maximum absolute atomic E-state index is 12.5. The van der Waals surface area contributed by atoms with Gasteiger partial charge in [-0.05, 0) is 23.8 Å². The monoisotopic (exact) mass is 337 g/mol. The smallest absolute Gasteiger partial charge is 0.291 e. The summed E-state index contributed by atoms with van der Waals surface area (Å²) in [5, 5.41) is 16.6. The number of benzene rings is 1. The number of fused-ring (bicyclic) bond motifs is 1. The Labute approximate surface area is 143 Å². The zero-order chi connectivity index (χ0) is 17.2. The second kappa shape index (κ2) is 6.23. The number of H-pyrrole nitrogens is 1. The number of hydrogen-bond donors (Lipinski definition) is 2. The van der Waals surface area contributed by atoms with Gasteiger partial charge in [-0.1, -0.05) is 6.07 Å². The number of rotatable bonds is 2. The van der Waals surface area contributed by atoms with E-state index in [-0.39, 0.29) is 24.1 Å². The molecule has 1 aliphatic rings. The van der Waals surface area contributed by atoms with Crippen LogP contribution >= 0.6 is 0 Å². The molecule has 1 aliphatic heterocycles. The lowest BCUT2D eigenvalue weighted by atomic mass is 10.0. The van der Waals surface area contributed by atoms with Crippen LogP contribution < -0.4 is 4.74 Å². The normalized spacial score (nSPS) is 13.7.